The Balaban J connectivity index is 1.92. The van der Waals surface area contributed by atoms with E-state index < -0.39 is 0 Å². The SMILES string of the molecule is Cc1ccccc1CNc1c(Cl)ccc2nsnc12. The van der Waals surface area contributed by atoms with Gasteiger partial charge in [0.2, 0.25) is 0 Å². The molecule has 0 saturated heterocycles. The van der Waals surface area contributed by atoms with Gasteiger partial charge in [-0.2, -0.15) is 8.75 Å². The quantitative estimate of drug-likeness (QED) is 0.782. The van der Waals surface area contributed by atoms with Gasteiger partial charge in [-0.3, -0.25) is 0 Å². The second kappa shape index (κ2) is 5.15. The molecule has 0 amide bonds. The maximum atomic E-state index is 6.24. The minimum Gasteiger partial charge on any atom is -0.378 e. The first kappa shape index (κ1) is 12.4. The number of rotatable bonds is 3. The van der Waals surface area contributed by atoms with E-state index in [1.54, 1.807) is 0 Å². The Labute approximate surface area is 120 Å². The average Bonchev–Trinajstić information content (AvgIpc) is 2.88. The Morgan fingerprint density at radius 1 is 1.16 bits per heavy atom. The van der Waals surface area contributed by atoms with Crippen LogP contribution in [0.15, 0.2) is 36.4 Å². The number of benzene rings is 2. The molecule has 5 heteroatoms. The molecule has 0 fully saturated rings. The molecule has 2 aromatic carbocycles. The molecule has 1 heterocycles. The Kier molecular flexibility index (Phi) is 3.36. The van der Waals surface area contributed by atoms with Gasteiger partial charge < -0.3 is 5.32 Å². The molecule has 3 rings (SSSR count). The maximum Gasteiger partial charge on any atom is 0.129 e. The number of anilines is 1. The van der Waals surface area contributed by atoms with Crippen LogP contribution in [0.2, 0.25) is 5.02 Å². The Morgan fingerprint density at radius 3 is 2.84 bits per heavy atom. The van der Waals surface area contributed by atoms with Crippen LogP contribution in [0.5, 0.6) is 0 Å². The van der Waals surface area contributed by atoms with Crippen molar-refractivity contribution in [3.8, 4) is 0 Å². The van der Waals surface area contributed by atoms with E-state index in [4.69, 9.17) is 11.6 Å². The lowest BCUT2D eigenvalue weighted by atomic mass is 10.1. The summed E-state index contributed by atoms with van der Waals surface area (Å²) >= 11 is 7.44. The molecule has 0 radical (unpaired) electrons. The van der Waals surface area contributed by atoms with Gasteiger partial charge in [0.05, 0.1) is 22.4 Å². The van der Waals surface area contributed by atoms with E-state index in [1.807, 2.05) is 24.3 Å². The summed E-state index contributed by atoms with van der Waals surface area (Å²) in [5.41, 5.74) is 5.08. The normalized spacial score (nSPS) is 10.8. The van der Waals surface area contributed by atoms with E-state index in [1.165, 1.54) is 22.9 Å². The number of nitrogens with zero attached hydrogens (tertiary/aromatic N) is 2. The molecule has 0 spiro atoms. The number of aryl methyl sites for hydroxylation is 1. The summed E-state index contributed by atoms with van der Waals surface area (Å²) in [4.78, 5) is 0. The summed E-state index contributed by atoms with van der Waals surface area (Å²) in [6, 6.07) is 12.0. The van der Waals surface area contributed by atoms with Gasteiger partial charge in [0, 0.05) is 6.54 Å². The summed E-state index contributed by atoms with van der Waals surface area (Å²) in [7, 11) is 0. The highest BCUT2D eigenvalue weighted by molar-refractivity contribution is 7.00. The van der Waals surface area contributed by atoms with E-state index in [0.29, 0.717) is 5.02 Å². The maximum absolute atomic E-state index is 6.24. The van der Waals surface area contributed by atoms with E-state index in [0.717, 1.165) is 23.3 Å². The molecule has 96 valence electrons. The van der Waals surface area contributed by atoms with E-state index in [9.17, 15) is 0 Å². The van der Waals surface area contributed by atoms with Crippen LogP contribution >= 0.6 is 23.3 Å². The highest BCUT2D eigenvalue weighted by atomic mass is 35.5. The van der Waals surface area contributed by atoms with Crippen LogP contribution in [0.3, 0.4) is 0 Å². The lowest BCUT2D eigenvalue weighted by Crippen LogP contribution is -2.02. The Hall–Kier alpha value is -1.65. The summed E-state index contributed by atoms with van der Waals surface area (Å²) in [5.74, 6) is 0. The molecule has 3 nitrogen and oxygen atoms in total. The third-order valence-corrected chi connectivity index (χ3v) is 3.95. The van der Waals surface area contributed by atoms with Crippen LogP contribution in [-0.4, -0.2) is 8.75 Å². The van der Waals surface area contributed by atoms with Gasteiger partial charge >= 0.3 is 0 Å². The number of halogens is 1. The van der Waals surface area contributed by atoms with Crippen LogP contribution in [0, 0.1) is 6.92 Å². The fourth-order valence-electron chi connectivity index (χ4n) is 1.99. The first-order chi connectivity index (χ1) is 9.25. The fraction of sp³-hybridized carbons (Fsp3) is 0.143. The highest BCUT2D eigenvalue weighted by Gasteiger charge is 2.09. The zero-order valence-corrected chi connectivity index (χ0v) is 11.9. The molecule has 1 aromatic heterocycles. The van der Waals surface area contributed by atoms with Crippen molar-refractivity contribution in [1.29, 1.82) is 0 Å². The summed E-state index contributed by atoms with van der Waals surface area (Å²) in [6.45, 7) is 2.83. The Morgan fingerprint density at radius 2 is 2.00 bits per heavy atom. The lowest BCUT2D eigenvalue weighted by Gasteiger charge is -2.10. The molecule has 0 atom stereocenters. The van der Waals surface area contributed by atoms with Crippen molar-refractivity contribution in [2.75, 3.05) is 5.32 Å². The van der Waals surface area contributed by atoms with Gasteiger partial charge in [0.25, 0.3) is 0 Å². The van der Waals surface area contributed by atoms with Gasteiger partial charge in [-0.15, -0.1) is 0 Å². The van der Waals surface area contributed by atoms with E-state index in [-0.39, 0.29) is 0 Å². The van der Waals surface area contributed by atoms with Crippen molar-refractivity contribution in [3.05, 3.63) is 52.5 Å². The Bertz CT molecular complexity index is 724. The number of hydrogen-bond donors (Lipinski definition) is 1. The molecule has 0 unspecified atom stereocenters. The van der Waals surface area contributed by atoms with Gasteiger partial charge in [0.1, 0.15) is 11.0 Å². The van der Waals surface area contributed by atoms with Crippen LogP contribution < -0.4 is 5.32 Å². The molecule has 19 heavy (non-hydrogen) atoms. The number of fused-ring (bicyclic) bond motifs is 1. The lowest BCUT2D eigenvalue weighted by molar-refractivity contribution is 1.12. The van der Waals surface area contributed by atoms with Crippen LogP contribution in [0.4, 0.5) is 5.69 Å². The van der Waals surface area contributed by atoms with Crippen molar-refractivity contribution in [3.63, 3.8) is 0 Å². The molecule has 3 aromatic rings. The van der Waals surface area contributed by atoms with Gasteiger partial charge in [0.15, 0.2) is 0 Å². The van der Waals surface area contributed by atoms with Crippen LogP contribution in [-0.2, 0) is 6.54 Å². The second-order valence-electron chi connectivity index (χ2n) is 4.33. The van der Waals surface area contributed by atoms with E-state index >= 15 is 0 Å². The smallest absolute Gasteiger partial charge is 0.129 e. The van der Waals surface area contributed by atoms with E-state index in [2.05, 4.69) is 33.1 Å². The van der Waals surface area contributed by atoms with Crippen LogP contribution in [0.1, 0.15) is 11.1 Å². The number of aromatic nitrogens is 2. The van der Waals surface area contributed by atoms with Gasteiger partial charge in [-0.05, 0) is 30.2 Å². The molecule has 0 aliphatic heterocycles. The predicted molar refractivity (Wildman–Crippen MR) is 80.9 cm³/mol. The first-order valence-electron chi connectivity index (χ1n) is 5.95. The molecule has 1 N–H and O–H groups in total. The predicted octanol–water partition coefficient (Wildman–Crippen LogP) is 4.27. The zero-order valence-electron chi connectivity index (χ0n) is 10.4. The molecule has 0 aliphatic rings. The number of nitrogens with one attached hydrogen (secondary N) is 1. The van der Waals surface area contributed by atoms with Gasteiger partial charge in [-0.25, -0.2) is 0 Å². The topological polar surface area (TPSA) is 37.8 Å². The van der Waals surface area contributed by atoms with Crippen molar-refractivity contribution in [2.24, 2.45) is 0 Å². The average molecular weight is 290 g/mol. The summed E-state index contributed by atoms with van der Waals surface area (Å²) < 4.78 is 8.52. The standard InChI is InChI=1S/C14H12ClN3S/c1-9-4-2-3-5-10(9)8-16-13-11(15)6-7-12-14(13)18-19-17-12/h2-7,16H,8H2,1H3. The third-order valence-electron chi connectivity index (χ3n) is 3.09. The van der Waals surface area contributed by atoms with Crippen molar-refractivity contribution in [1.82, 2.24) is 8.75 Å². The number of hydrogen-bond acceptors (Lipinski definition) is 4. The minimum atomic E-state index is 0.675. The molecule has 0 saturated carbocycles. The first-order valence-corrected chi connectivity index (χ1v) is 7.05. The zero-order chi connectivity index (χ0) is 13.2. The molecular weight excluding hydrogens is 278 g/mol. The van der Waals surface area contributed by atoms with Crippen LogP contribution in [0.25, 0.3) is 11.0 Å². The second-order valence-corrected chi connectivity index (χ2v) is 5.27. The molecule has 0 bridgehead atoms. The summed E-state index contributed by atoms with van der Waals surface area (Å²) in [6.07, 6.45) is 0. The van der Waals surface area contributed by atoms with Crippen molar-refractivity contribution in [2.45, 2.75) is 13.5 Å². The van der Waals surface area contributed by atoms with Gasteiger partial charge in [-0.1, -0.05) is 35.9 Å². The molecular formula is C14H12ClN3S. The molecule has 0 aliphatic carbocycles. The largest absolute Gasteiger partial charge is 0.378 e. The highest BCUT2D eigenvalue weighted by Crippen LogP contribution is 2.30. The minimum absolute atomic E-state index is 0.675. The third kappa shape index (κ3) is 2.41. The fourth-order valence-corrected chi connectivity index (χ4v) is 2.75. The van der Waals surface area contributed by atoms with Crippen molar-refractivity contribution < 1.29 is 0 Å². The van der Waals surface area contributed by atoms with Crippen molar-refractivity contribution >= 4 is 40.0 Å². The summed E-state index contributed by atoms with van der Waals surface area (Å²) in [5, 5.41) is 4.05. The monoisotopic (exact) mass is 289 g/mol.